The summed E-state index contributed by atoms with van der Waals surface area (Å²) in [6.07, 6.45) is 0. The van der Waals surface area contributed by atoms with E-state index in [0.717, 1.165) is 5.46 Å². The lowest BCUT2D eigenvalue weighted by molar-refractivity contribution is 0.00578. The zero-order chi connectivity index (χ0) is 15.9. The van der Waals surface area contributed by atoms with Gasteiger partial charge in [-0.2, -0.15) is 0 Å². The number of sulfone groups is 1. The Morgan fingerprint density at radius 1 is 1.05 bits per heavy atom. The average Bonchev–Trinajstić information content (AvgIpc) is 2.59. The molecule has 0 aromatic heterocycles. The molecule has 0 bridgehead atoms. The minimum absolute atomic E-state index is 0.111. The van der Waals surface area contributed by atoms with Crippen molar-refractivity contribution in [3.05, 3.63) is 24.3 Å². The van der Waals surface area contributed by atoms with Crippen LogP contribution in [0, 0.1) is 0 Å². The largest absolute Gasteiger partial charge is 0.494 e. The Bertz CT molecular complexity index is 594. The third-order valence-electron chi connectivity index (χ3n) is 4.11. The van der Waals surface area contributed by atoms with E-state index < -0.39 is 40.6 Å². The Labute approximate surface area is 125 Å². The van der Waals surface area contributed by atoms with E-state index in [1.807, 2.05) is 27.7 Å². The molecule has 21 heavy (non-hydrogen) atoms. The van der Waals surface area contributed by atoms with Gasteiger partial charge >= 0.3 is 7.12 Å². The molecule has 1 aliphatic rings. The van der Waals surface area contributed by atoms with Crippen molar-refractivity contribution in [1.82, 2.24) is 0 Å². The molecule has 7 heteroatoms. The van der Waals surface area contributed by atoms with Gasteiger partial charge in [-0.25, -0.2) is 12.8 Å². The summed E-state index contributed by atoms with van der Waals surface area (Å²) in [5, 5.41) is 0. The summed E-state index contributed by atoms with van der Waals surface area (Å²) < 4.78 is 47.6. The van der Waals surface area contributed by atoms with Crippen molar-refractivity contribution in [1.29, 1.82) is 0 Å². The lowest BCUT2D eigenvalue weighted by Crippen LogP contribution is -2.41. The molecule has 1 aromatic carbocycles. The van der Waals surface area contributed by atoms with Crippen LogP contribution < -0.4 is 5.46 Å². The van der Waals surface area contributed by atoms with Crippen LogP contribution in [0.3, 0.4) is 0 Å². The minimum Gasteiger partial charge on any atom is -0.399 e. The summed E-state index contributed by atoms with van der Waals surface area (Å²) in [6.45, 7) is 6.92. The molecule has 0 unspecified atom stereocenters. The van der Waals surface area contributed by atoms with Crippen LogP contribution in [0.5, 0.6) is 0 Å². The third kappa shape index (κ3) is 3.15. The zero-order valence-corrected chi connectivity index (χ0v) is 13.5. The van der Waals surface area contributed by atoms with Crippen LogP contribution in [0.4, 0.5) is 4.39 Å². The highest BCUT2D eigenvalue weighted by Gasteiger charge is 2.51. The van der Waals surface area contributed by atoms with Gasteiger partial charge in [0.25, 0.3) is 0 Å². The molecule has 1 aromatic rings. The van der Waals surface area contributed by atoms with Crippen LogP contribution in [-0.2, 0) is 19.1 Å². The first-order valence-corrected chi connectivity index (χ1v) is 8.49. The molecule has 0 spiro atoms. The topological polar surface area (TPSA) is 52.6 Å². The summed E-state index contributed by atoms with van der Waals surface area (Å²) in [5.41, 5.74) is -0.152. The van der Waals surface area contributed by atoms with Gasteiger partial charge < -0.3 is 9.31 Å². The van der Waals surface area contributed by atoms with Crippen molar-refractivity contribution < 1.29 is 22.1 Å². The molecule has 1 saturated heterocycles. The standard InChI is InChI=1S/C14H20BFO4S/c1-13(2)14(3,4)20-15(19-13)11-5-7-12(8-6-11)21(17,18)10-9-16/h5-8H,9-10H2,1-4H3. The zero-order valence-electron chi connectivity index (χ0n) is 12.7. The molecule has 0 N–H and O–H groups in total. The second kappa shape index (κ2) is 5.37. The number of hydrogen-bond acceptors (Lipinski definition) is 4. The maximum Gasteiger partial charge on any atom is 0.494 e. The fraction of sp³-hybridized carbons (Fsp3) is 0.571. The van der Waals surface area contributed by atoms with Crippen LogP contribution in [-0.4, -0.2) is 39.2 Å². The van der Waals surface area contributed by atoms with Crippen molar-refractivity contribution in [2.75, 3.05) is 12.4 Å². The fourth-order valence-electron chi connectivity index (χ4n) is 2.03. The Hall–Kier alpha value is -0.915. The number of halogens is 1. The number of rotatable bonds is 4. The van der Waals surface area contributed by atoms with Crippen LogP contribution in [0.25, 0.3) is 0 Å². The van der Waals surface area contributed by atoms with E-state index >= 15 is 0 Å². The van der Waals surface area contributed by atoms with Crippen molar-refractivity contribution in [2.24, 2.45) is 0 Å². The second-order valence-electron chi connectivity index (χ2n) is 6.17. The van der Waals surface area contributed by atoms with Gasteiger partial charge in [0.05, 0.1) is 21.9 Å². The van der Waals surface area contributed by atoms with E-state index in [9.17, 15) is 12.8 Å². The van der Waals surface area contributed by atoms with Crippen LogP contribution >= 0.6 is 0 Å². The first-order chi connectivity index (χ1) is 9.59. The second-order valence-corrected chi connectivity index (χ2v) is 8.27. The Balaban J connectivity index is 2.22. The lowest BCUT2D eigenvalue weighted by atomic mass is 9.79. The molecule has 2 rings (SSSR count). The molecule has 1 heterocycles. The maximum atomic E-state index is 12.3. The van der Waals surface area contributed by atoms with Crippen LogP contribution in [0.2, 0.25) is 0 Å². The Morgan fingerprint density at radius 2 is 1.52 bits per heavy atom. The molecular formula is C14H20BFO4S. The quantitative estimate of drug-likeness (QED) is 0.794. The molecule has 1 aliphatic heterocycles. The first-order valence-electron chi connectivity index (χ1n) is 6.83. The van der Waals surface area contributed by atoms with Gasteiger partial charge in [0.2, 0.25) is 0 Å². The van der Waals surface area contributed by atoms with Crippen molar-refractivity contribution >= 4 is 22.4 Å². The van der Waals surface area contributed by atoms with Crippen LogP contribution in [0.15, 0.2) is 29.2 Å². The molecule has 0 saturated carbocycles. The van der Waals surface area contributed by atoms with E-state index in [2.05, 4.69) is 0 Å². The highest BCUT2D eigenvalue weighted by Crippen LogP contribution is 2.36. The van der Waals surface area contributed by atoms with Gasteiger partial charge in [-0.3, -0.25) is 0 Å². The van der Waals surface area contributed by atoms with Crippen LogP contribution in [0.1, 0.15) is 27.7 Å². The molecule has 4 nitrogen and oxygen atoms in total. The fourth-order valence-corrected chi connectivity index (χ4v) is 3.02. The predicted octanol–water partition coefficient (Wildman–Crippen LogP) is 1.73. The van der Waals surface area contributed by atoms with Crippen molar-refractivity contribution in [3.63, 3.8) is 0 Å². The van der Waals surface area contributed by atoms with Crippen molar-refractivity contribution in [2.45, 2.75) is 43.8 Å². The third-order valence-corrected chi connectivity index (χ3v) is 5.79. The minimum atomic E-state index is -3.55. The van der Waals surface area contributed by atoms with Gasteiger partial charge in [-0.15, -0.1) is 0 Å². The Morgan fingerprint density at radius 3 is 1.95 bits per heavy atom. The summed E-state index contributed by atoms with van der Waals surface area (Å²) in [5.74, 6) is -0.497. The molecule has 0 atom stereocenters. The van der Waals surface area contributed by atoms with E-state index in [1.54, 1.807) is 12.1 Å². The summed E-state index contributed by atoms with van der Waals surface area (Å²) in [6, 6.07) is 6.22. The number of benzene rings is 1. The van der Waals surface area contributed by atoms with E-state index in [4.69, 9.17) is 9.31 Å². The van der Waals surface area contributed by atoms with Gasteiger partial charge in [-0.1, -0.05) is 12.1 Å². The average molecular weight is 314 g/mol. The van der Waals surface area contributed by atoms with E-state index in [1.165, 1.54) is 12.1 Å². The summed E-state index contributed by atoms with van der Waals surface area (Å²) in [4.78, 5) is 0.111. The Kier molecular flexibility index (Phi) is 4.21. The molecule has 116 valence electrons. The maximum absolute atomic E-state index is 12.3. The lowest BCUT2D eigenvalue weighted by Gasteiger charge is -2.32. The van der Waals surface area contributed by atoms with E-state index in [-0.39, 0.29) is 4.90 Å². The highest BCUT2D eigenvalue weighted by atomic mass is 32.2. The first kappa shape index (κ1) is 16.5. The molecule has 0 aliphatic carbocycles. The summed E-state index contributed by atoms with van der Waals surface area (Å²) >= 11 is 0. The SMILES string of the molecule is CC1(C)OB(c2ccc(S(=O)(=O)CCF)cc2)OC1(C)C. The predicted molar refractivity (Wildman–Crippen MR) is 80.2 cm³/mol. The van der Waals surface area contributed by atoms with Gasteiger partial charge in [0.15, 0.2) is 9.84 Å². The summed E-state index contributed by atoms with van der Waals surface area (Å²) in [7, 11) is -4.09. The molecule has 1 fully saturated rings. The smallest absolute Gasteiger partial charge is 0.399 e. The number of alkyl halides is 1. The van der Waals surface area contributed by atoms with Gasteiger partial charge in [0.1, 0.15) is 6.67 Å². The highest BCUT2D eigenvalue weighted by molar-refractivity contribution is 7.91. The van der Waals surface area contributed by atoms with Gasteiger partial charge in [-0.05, 0) is 45.3 Å². The number of hydrogen-bond donors (Lipinski definition) is 0. The van der Waals surface area contributed by atoms with Crippen molar-refractivity contribution in [3.8, 4) is 0 Å². The molecule has 0 amide bonds. The normalized spacial score (nSPS) is 20.7. The molecule has 0 radical (unpaired) electrons. The van der Waals surface area contributed by atoms with Gasteiger partial charge in [0, 0.05) is 0 Å². The molecular weight excluding hydrogens is 294 g/mol. The monoisotopic (exact) mass is 314 g/mol. The van der Waals surface area contributed by atoms with E-state index in [0.29, 0.717) is 0 Å².